The van der Waals surface area contributed by atoms with Crippen molar-refractivity contribution in [2.24, 2.45) is 0 Å². The summed E-state index contributed by atoms with van der Waals surface area (Å²) in [6.07, 6.45) is 3.35. The van der Waals surface area contributed by atoms with Gasteiger partial charge in [0.05, 0.1) is 24.9 Å². The topological polar surface area (TPSA) is 73.2 Å². The first-order valence-electron chi connectivity index (χ1n) is 11.2. The molecule has 2 aromatic carbocycles. The van der Waals surface area contributed by atoms with Gasteiger partial charge in [0.2, 0.25) is 5.91 Å². The molecule has 0 aliphatic carbocycles. The number of aryl methyl sites for hydroxylation is 1. The molecule has 0 radical (unpaired) electrons. The SMILES string of the molecule is CCCCc1ccc(NC(=O)CSc2nc3ccsc3c(=O)n2Cc2ccccc2OC)cc1. The van der Waals surface area contributed by atoms with Crippen LogP contribution in [-0.2, 0) is 17.8 Å². The molecule has 0 unspecified atom stereocenters. The van der Waals surface area contributed by atoms with Crippen molar-refractivity contribution in [2.75, 3.05) is 18.2 Å². The molecule has 0 saturated carbocycles. The van der Waals surface area contributed by atoms with Crippen LogP contribution < -0.4 is 15.6 Å². The van der Waals surface area contributed by atoms with E-state index in [1.807, 2.05) is 47.8 Å². The quantitative estimate of drug-likeness (QED) is 0.230. The van der Waals surface area contributed by atoms with Crippen molar-refractivity contribution in [3.05, 3.63) is 81.5 Å². The lowest BCUT2D eigenvalue weighted by atomic mass is 10.1. The van der Waals surface area contributed by atoms with E-state index in [2.05, 4.69) is 29.4 Å². The molecule has 4 aromatic rings. The summed E-state index contributed by atoms with van der Waals surface area (Å²) in [6, 6.07) is 17.4. The minimum atomic E-state index is -0.144. The number of carbonyl (C=O) groups is 1. The number of rotatable bonds is 10. The van der Waals surface area contributed by atoms with Crippen LogP contribution in [0.4, 0.5) is 5.69 Å². The molecule has 34 heavy (non-hydrogen) atoms. The number of benzene rings is 2. The average molecular weight is 494 g/mol. The second kappa shape index (κ2) is 11.4. The number of nitrogens with zero attached hydrogens (tertiary/aromatic N) is 2. The van der Waals surface area contributed by atoms with Crippen molar-refractivity contribution in [3.63, 3.8) is 0 Å². The Morgan fingerprint density at radius 2 is 1.94 bits per heavy atom. The highest BCUT2D eigenvalue weighted by Gasteiger charge is 2.16. The fraction of sp³-hybridized carbons (Fsp3) is 0.269. The van der Waals surface area contributed by atoms with Crippen LogP contribution in [0.2, 0.25) is 0 Å². The number of thiophene rings is 1. The summed E-state index contributed by atoms with van der Waals surface area (Å²) in [5, 5.41) is 5.30. The molecule has 8 heteroatoms. The number of hydrogen-bond donors (Lipinski definition) is 1. The van der Waals surface area contributed by atoms with E-state index in [-0.39, 0.29) is 17.2 Å². The van der Waals surface area contributed by atoms with Gasteiger partial charge in [-0.25, -0.2) is 4.98 Å². The van der Waals surface area contributed by atoms with Gasteiger partial charge in [-0.1, -0.05) is 55.4 Å². The lowest BCUT2D eigenvalue weighted by Gasteiger charge is -2.14. The predicted molar refractivity (Wildman–Crippen MR) is 140 cm³/mol. The van der Waals surface area contributed by atoms with Crippen LogP contribution in [0, 0.1) is 0 Å². The van der Waals surface area contributed by atoms with E-state index in [1.54, 1.807) is 11.7 Å². The van der Waals surface area contributed by atoms with Gasteiger partial charge in [-0.3, -0.25) is 14.2 Å². The molecule has 0 aliphatic rings. The van der Waals surface area contributed by atoms with Crippen LogP contribution in [0.25, 0.3) is 10.2 Å². The molecule has 2 heterocycles. The van der Waals surface area contributed by atoms with Crippen LogP contribution in [-0.4, -0.2) is 28.3 Å². The highest BCUT2D eigenvalue weighted by atomic mass is 32.2. The van der Waals surface area contributed by atoms with E-state index < -0.39 is 0 Å². The second-order valence-corrected chi connectivity index (χ2v) is 9.73. The van der Waals surface area contributed by atoms with Gasteiger partial charge in [-0.05, 0) is 48.1 Å². The number of anilines is 1. The molecule has 0 atom stereocenters. The Hall–Kier alpha value is -3.10. The van der Waals surface area contributed by atoms with Gasteiger partial charge in [0.15, 0.2) is 5.16 Å². The van der Waals surface area contributed by atoms with Crippen molar-refractivity contribution < 1.29 is 9.53 Å². The summed E-state index contributed by atoms with van der Waals surface area (Å²) in [5.41, 5.74) is 3.44. The highest BCUT2D eigenvalue weighted by Crippen LogP contribution is 2.24. The fourth-order valence-corrected chi connectivity index (χ4v) is 5.22. The molecule has 1 amide bonds. The normalized spacial score (nSPS) is 11.0. The Morgan fingerprint density at radius 1 is 1.15 bits per heavy atom. The minimum Gasteiger partial charge on any atom is -0.496 e. The summed E-state index contributed by atoms with van der Waals surface area (Å²) in [4.78, 5) is 30.6. The summed E-state index contributed by atoms with van der Waals surface area (Å²) < 4.78 is 7.69. The Kier molecular flexibility index (Phi) is 8.03. The first-order valence-corrected chi connectivity index (χ1v) is 13.1. The maximum absolute atomic E-state index is 13.2. The molecule has 6 nitrogen and oxygen atoms in total. The van der Waals surface area contributed by atoms with Gasteiger partial charge in [-0.2, -0.15) is 0 Å². The van der Waals surface area contributed by atoms with E-state index in [0.29, 0.717) is 27.7 Å². The molecule has 0 spiro atoms. The monoisotopic (exact) mass is 493 g/mol. The molecule has 0 saturated heterocycles. The van der Waals surface area contributed by atoms with Crippen molar-refractivity contribution >= 4 is 44.9 Å². The number of para-hydroxylation sites is 1. The number of unbranched alkanes of at least 4 members (excludes halogenated alkanes) is 1. The third kappa shape index (κ3) is 5.69. The van der Waals surface area contributed by atoms with Gasteiger partial charge in [0.25, 0.3) is 5.56 Å². The van der Waals surface area contributed by atoms with Crippen LogP contribution >= 0.6 is 23.1 Å². The number of thioether (sulfide) groups is 1. The Bertz CT molecular complexity index is 1330. The van der Waals surface area contributed by atoms with E-state index in [9.17, 15) is 9.59 Å². The summed E-state index contributed by atoms with van der Waals surface area (Å²) >= 11 is 2.63. The summed E-state index contributed by atoms with van der Waals surface area (Å²) in [6.45, 7) is 2.49. The molecule has 176 valence electrons. The number of aromatic nitrogens is 2. The molecule has 0 bridgehead atoms. The van der Waals surface area contributed by atoms with Crippen molar-refractivity contribution in [1.29, 1.82) is 0 Å². The minimum absolute atomic E-state index is 0.114. The standard InChI is InChI=1S/C26H27N3O3S2/c1-3-4-7-18-10-12-20(13-11-18)27-23(30)17-34-26-28-21-14-15-33-24(21)25(31)29(26)16-19-8-5-6-9-22(19)32-2/h5-6,8-15H,3-4,7,16-17H2,1-2H3,(H,27,30). The second-order valence-electron chi connectivity index (χ2n) is 7.87. The van der Waals surface area contributed by atoms with Crippen LogP contribution in [0.5, 0.6) is 5.75 Å². The number of ether oxygens (including phenoxy) is 1. The zero-order valence-corrected chi connectivity index (χ0v) is 20.9. The number of carbonyl (C=O) groups excluding carboxylic acids is 1. The van der Waals surface area contributed by atoms with E-state index >= 15 is 0 Å². The number of hydrogen-bond acceptors (Lipinski definition) is 6. The van der Waals surface area contributed by atoms with Crippen LogP contribution in [0.15, 0.2) is 69.9 Å². The smallest absolute Gasteiger partial charge is 0.272 e. The third-order valence-electron chi connectivity index (χ3n) is 5.44. The zero-order chi connectivity index (χ0) is 23.9. The van der Waals surface area contributed by atoms with Gasteiger partial charge in [0.1, 0.15) is 10.4 Å². The summed E-state index contributed by atoms with van der Waals surface area (Å²) in [5.74, 6) is 0.706. The molecular formula is C26H27N3O3S2. The fourth-order valence-electron chi connectivity index (χ4n) is 3.64. The van der Waals surface area contributed by atoms with Crippen molar-refractivity contribution in [1.82, 2.24) is 9.55 Å². The largest absolute Gasteiger partial charge is 0.496 e. The van der Waals surface area contributed by atoms with Crippen molar-refractivity contribution in [3.8, 4) is 5.75 Å². The molecule has 2 aromatic heterocycles. The third-order valence-corrected chi connectivity index (χ3v) is 7.31. The van der Waals surface area contributed by atoms with E-state index in [4.69, 9.17) is 4.74 Å². The zero-order valence-electron chi connectivity index (χ0n) is 19.2. The summed E-state index contributed by atoms with van der Waals surface area (Å²) in [7, 11) is 1.61. The van der Waals surface area contributed by atoms with Gasteiger partial charge in [0, 0.05) is 11.3 Å². The highest BCUT2D eigenvalue weighted by molar-refractivity contribution is 7.99. The number of methoxy groups -OCH3 is 1. The maximum Gasteiger partial charge on any atom is 0.272 e. The molecule has 4 rings (SSSR count). The van der Waals surface area contributed by atoms with E-state index in [1.165, 1.54) is 28.7 Å². The van der Waals surface area contributed by atoms with Gasteiger partial charge < -0.3 is 10.1 Å². The number of fused-ring (bicyclic) bond motifs is 1. The first kappa shape index (κ1) is 24.0. The molecular weight excluding hydrogens is 466 g/mol. The van der Waals surface area contributed by atoms with Crippen LogP contribution in [0.1, 0.15) is 30.9 Å². The molecule has 0 aliphatic heterocycles. The Balaban J connectivity index is 1.51. The van der Waals surface area contributed by atoms with Gasteiger partial charge in [-0.15, -0.1) is 11.3 Å². The number of nitrogens with one attached hydrogen (secondary N) is 1. The molecule has 0 fully saturated rings. The molecule has 1 N–H and O–H groups in total. The predicted octanol–water partition coefficient (Wildman–Crippen LogP) is 5.59. The van der Waals surface area contributed by atoms with Gasteiger partial charge >= 0.3 is 0 Å². The Labute approximate surface area is 207 Å². The average Bonchev–Trinajstić information content (AvgIpc) is 3.33. The lowest BCUT2D eigenvalue weighted by molar-refractivity contribution is -0.113. The maximum atomic E-state index is 13.2. The lowest BCUT2D eigenvalue weighted by Crippen LogP contribution is -2.24. The first-order chi connectivity index (χ1) is 16.6. The van der Waals surface area contributed by atoms with E-state index in [0.717, 1.165) is 30.5 Å². The Morgan fingerprint density at radius 3 is 2.71 bits per heavy atom. The number of amides is 1. The van der Waals surface area contributed by atoms with Crippen LogP contribution in [0.3, 0.4) is 0 Å². The van der Waals surface area contributed by atoms with Crippen molar-refractivity contribution in [2.45, 2.75) is 37.9 Å².